The van der Waals surface area contributed by atoms with Gasteiger partial charge in [0.15, 0.2) is 0 Å². The van der Waals surface area contributed by atoms with Crippen LogP contribution in [0.25, 0.3) is 0 Å². The number of nitrogens with two attached hydrogens (primary N) is 1. The van der Waals surface area contributed by atoms with Gasteiger partial charge >= 0.3 is 0 Å². The molecular formula is C14H30N2O. The second-order valence-electron chi connectivity index (χ2n) is 6.41. The summed E-state index contributed by atoms with van der Waals surface area (Å²) in [7, 11) is 0. The number of hydrogen-bond acceptors (Lipinski definition) is 2. The van der Waals surface area contributed by atoms with Crippen LogP contribution in [0.5, 0.6) is 0 Å². The minimum Gasteiger partial charge on any atom is -0.340 e. The van der Waals surface area contributed by atoms with Crippen molar-refractivity contribution in [1.82, 2.24) is 4.90 Å². The van der Waals surface area contributed by atoms with Crippen LogP contribution < -0.4 is 5.73 Å². The third-order valence-corrected chi connectivity index (χ3v) is 2.72. The Hall–Kier alpha value is -0.570. The number of rotatable bonds is 6. The van der Waals surface area contributed by atoms with Gasteiger partial charge in [-0.15, -0.1) is 0 Å². The van der Waals surface area contributed by atoms with E-state index >= 15 is 0 Å². The van der Waals surface area contributed by atoms with Crippen LogP contribution in [0.1, 0.15) is 60.8 Å². The molecule has 0 aromatic carbocycles. The maximum Gasteiger partial charge on any atom is 0.224 e. The van der Waals surface area contributed by atoms with Gasteiger partial charge in [-0.25, -0.2) is 0 Å². The Kier molecular flexibility index (Phi) is 6.76. The summed E-state index contributed by atoms with van der Waals surface area (Å²) in [6.45, 7) is 13.5. The zero-order valence-corrected chi connectivity index (χ0v) is 12.4. The molecule has 0 radical (unpaired) electrons. The molecule has 17 heavy (non-hydrogen) atoms. The van der Waals surface area contributed by atoms with E-state index in [-0.39, 0.29) is 23.4 Å². The highest BCUT2D eigenvalue weighted by Gasteiger charge is 2.22. The molecule has 0 bridgehead atoms. The van der Waals surface area contributed by atoms with Gasteiger partial charge in [0.2, 0.25) is 5.91 Å². The van der Waals surface area contributed by atoms with Crippen LogP contribution in [0, 0.1) is 5.41 Å². The van der Waals surface area contributed by atoms with Gasteiger partial charge in [-0.3, -0.25) is 4.79 Å². The minimum atomic E-state index is -0.0272. The van der Waals surface area contributed by atoms with E-state index in [1.807, 2.05) is 4.90 Å². The van der Waals surface area contributed by atoms with Crippen LogP contribution in [0.3, 0.4) is 0 Å². The van der Waals surface area contributed by atoms with Crippen molar-refractivity contribution in [3.63, 3.8) is 0 Å². The van der Waals surface area contributed by atoms with Crippen LogP contribution >= 0.6 is 0 Å². The number of carbonyl (C=O) groups is 1. The lowest BCUT2D eigenvalue weighted by molar-refractivity contribution is -0.133. The zero-order valence-electron chi connectivity index (χ0n) is 12.4. The predicted octanol–water partition coefficient (Wildman–Crippen LogP) is 2.79. The van der Waals surface area contributed by atoms with Crippen molar-refractivity contribution in [2.45, 2.75) is 72.9 Å². The molecule has 1 atom stereocenters. The quantitative estimate of drug-likeness (QED) is 0.778. The molecule has 102 valence electrons. The summed E-state index contributed by atoms with van der Waals surface area (Å²) >= 11 is 0. The summed E-state index contributed by atoms with van der Waals surface area (Å²) < 4.78 is 0. The number of hydrogen-bond donors (Lipinski definition) is 1. The van der Waals surface area contributed by atoms with Gasteiger partial charge in [0, 0.05) is 25.0 Å². The molecule has 0 saturated heterocycles. The Morgan fingerprint density at radius 1 is 1.29 bits per heavy atom. The largest absolute Gasteiger partial charge is 0.340 e. The monoisotopic (exact) mass is 242 g/mol. The molecule has 0 aromatic rings. The first kappa shape index (κ1) is 16.4. The molecule has 3 nitrogen and oxygen atoms in total. The van der Waals surface area contributed by atoms with E-state index in [1.54, 1.807) is 0 Å². The third-order valence-electron chi connectivity index (χ3n) is 2.72. The maximum atomic E-state index is 12.1. The van der Waals surface area contributed by atoms with Crippen molar-refractivity contribution in [2.75, 3.05) is 6.54 Å². The van der Waals surface area contributed by atoms with Gasteiger partial charge < -0.3 is 10.6 Å². The highest BCUT2D eigenvalue weighted by atomic mass is 16.2. The summed E-state index contributed by atoms with van der Waals surface area (Å²) in [6.07, 6.45) is 2.35. The number of nitrogens with zero attached hydrogens (tertiary/aromatic N) is 1. The predicted molar refractivity (Wildman–Crippen MR) is 73.8 cm³/mol. The highest BCUT2D eigenvalue weighted by Crippen LogP contribution is 2.21. The molecule has 0 aliphatic heterocycles. The van der Waals surface area contributed by atoms with Gasteiger partial charge in [0.25, 0.3) is 0 Å². The van der Waals surface area contributed by atoms with E-state index < -0.39 is 0 Å². The summed E-state index contributed by atoms with van der Waals surface area (Å²) in [5.74, 6) is 0.193. The van der Waals surface area contributed by atoms with Gasteiger partial charge in [-0.2, -0.15) is 0 Å². The molecule has 0 aliphatic rings. The molecule has 2 N–H and O–H groups in total. The summed E-state index contributed by atoms with van der Waals surface area (Å²) in [6, 6.07) is 0.241. The first-order valence-corrected chi connectivity index (χ1v) is 6.72. The Balaban J connectivity index is 4.30. The van der Waals surface area contributed by atoms with Crippen LogP contribution in [0.2, 0.25) is 0 Å². The number of amides is 1. The molecule has 0 aliphatic carbocycles. The van der Waals surface area contributed by atoms with Gasteiger partial charge in [0.05, 0.1) is 0 Å². The van der Waals surface area contributed by atoms with E-state index in [9.17, 15) is 4.79 Å². The summed E-state index contributed by atoms with van der Waals surface area (Å²) in [4.78, 5) is 14.0. The Morgan fingerprint density at radius 2 is 1.82 bits per heavy atom. The first-order valence-electron chi connectivity index (χ1n) is 6.72. The smallest absolute Gasteiger partial charge is 0.224 e. The SMILES string of the molecule is CCCN(C(=O)CC(N)CC(C)(C)C)C(C)C. The van der Waals surface area contributed by atoms with Crippen molar-refractivity contribution in [3.05, 3.63) is 0 Å². The summed E-state index contributed by atoms with van der Waals surface area (Å²) in [5, 5.41) is 0. The van der Waals surface area contributed by atoms with E-state index in [1.165, 1.54) is 0 Å². The second kappa shape index (κ2) is 7.00. The lowest BCUT2D eigenvalue weighted by atomic mass is 9.87. The van der Waals surface area contributed by atoms with Crippen molar-refractivity contribution in [1.29, 1.82) is 0 Å². The lowest BCUT2D eigenvalue weighted by Gasteiger charge is -2.29. The van der Waals surface area contributed by atoms with Gasteiger partial charge in [-0.1, -0.05) is 27.7 Å². The van der Waals surface area contributed by atoms with Gasteiger partial charge in [0.1, 0.15) is 0 Å². The molecular weight excluding hydrogens is 212 g/mol. The van der Waals surface area contributed by atoms with Crippen molar-refractivity contribution in [3.8, 4) is 0 Å². The average molecular weight is 242 g/mol. The van der Waals surface area contributed by atoms with Crippen LogP contribution in [-0.2, 0) is 4.79 Å². The van der Waals surface area contributed by atoms with Crippen LogP contribution in [-0.4, -0.2) is 29.4 Å². The van der Waals surface area contributed by atoms with Gasteiger partial charge in [-0.05, 0) is 32.1 Å². The standard InChI is InChI=1S/C14H30N2O/c1-7-8-16(11(2)3)13(17)9-12(15)10-14(4,5)6/h11-12H,7-10,15H2,1-6H3. The highest BCUT2D eigenvalue weighted by molar-refractivity contribution is 5.77. The fourth-order valence-corrected chi connectivity index (χ4v) is 2.11. The second-order valence-corrected chi connectivity index (χ2v) is 6.41. The Bertz CT molecular complexity index is 231. The Labute approximate surface area is 107 Å². The van der Waals surface area contributed by atoms with Crippen LogP contribution in [0.15, 0.2) is 0 Å². The van der Waals surface area contributed by atoms with E-state index in [0.29, 0.717) is 6.42 Å². The topological polar surface area (TPSA) is 46.3 Å². The van der Waals surface area contributed by atoms with E-state index in [2.05, 4.69) is 41.5 Å². The molecule has 0 spiro atoms. The maximum absolute atomic E-state index is 12.1. The Morgan fingerprint density at radius 3 is 2.18 bits per heavy atom. The molecule has 0 aromatic heterocycles. The molecule has 0 saturated carbocycles. The molecule has 0 fully saturated rings. The fourth-order valence-electron chi connectivity index (χ4n) is 2.11. The normalized spacial score (nSPS) is 13.9. The molecule has 1 amide bonds. The first-order chi connectivity index (χ1) is 7.67. The minimum absolute atomic E-state index is 0.0272. The van der Waals surface area contributed by atoms with Crippen LogP contribution in [0.4, 0.5) is 0 Å². The molecule has 0 heterocycles. The van der Waals surface area contributed by atoms with E-state index in [0.717, 1.165) is 19.4 Å². The lowest BCUT2D eigenvalue weighted by Crippen LogP contribution is -2.41. The summed E-state index contributed by atoms with van der Waals surface area (Å²) in [5.41, 5.74) is 6.23. The van der Waals surface area contributed by atoms with Crippen molar-refractivity contribution >= 4 is 5.91 Å². The molecule has 3 heteroatoms. The zero-order chi connectivity index (χ0) is 13.6. The van der Waals surface area contributed by atoms with Crippen molar-refractivity contribution < 1.29 is 4.79 Å². The third kappa shape index (κ3) is 7.37. The van der Waals surface area contributed by atoms with E-state index in [4.69, 9.17) is 5.73 Å². The van der Waals surface area contributed by atoms with Crippen molar-refractivity contribution in [2.24, 2.45) is 11.1 Å². The molecule has 0 rings (SSSR count). The average Bonchev–Trinajstić information content (AvgIpc) is 2.09. The number of carbonyl (C=O) groups excluding carboxylic acids is 1. The fraction of sp³-hybridized carbons (Fsp3) is 0.929. The molecule has 1 unspecified atom stereocenters.